The zero-order valence-electron chi connectivity index (χ0n) is 16.6. The molecule has 0 spiro atoms. The number of benzene rings is 1. The van der Waals surface area contributed by atoms with Crippen LogP contribution in [0.4, 0.5) is 20.3 Å². The minimum absolute atomic E-state index is 0.0237. The Bertz CT molecular complexity index is 839. The van der Waals surface area contributed by atoms with Gasteiger partial charge in [0.25, 0.3) is 12.1 Å². The van der Waals surface area contributed by atoms with Gasteiger partial charge in [0.15, 0.2) is 5.82 Å². The van der Waals surface area contributed by atoms with Gasteiger partial charge in [0.2, 0.25) is 0 Å². The Balaban J connectivity index is 1.77. The SMILES string of the molecule is CCc1cc(N2CCC(N(C)CC(F)F)CC2)nc(-c2ccc([N+](=O)[O-])cc2)n1. The van der Waals surface area contributed by atoms with Gasteiger partial charge in [-0.25, -0.2) is 18.7 Å². The van der Waals surface area contributed by atoms with Crippen molar-refractivity contribution in [2.24, 2.45) is 0 Å². The van der Waals surface area contributed by atoms with E-state index in [-0.39, 0.29) is 18.3 Å². The van der Waals surface area contributed by atoms with Gasteiger partial charge >= 0.3 is 0 Å². The van der Waals surface area contributed by atoms with Crippen molar-refractivity contribution < 1.29 is 13.7 Å². The molecule has 1 aliphatic heterocycles. The number of rotatable bonds is 7. The molecule has 3 rings (SSSR count). The summed E-state index contributed by atoms with van der Waals surface area (Å²) in [7, 11) is 1.75. The Morgan fingerprint density at radius 2 is 1.90 bits per heavy atom. The van der Waals surface area contributed by atoms with Crippen LogP contribution in [0.2, 0.25) is 0 Å². The first-order chi connectivity index (χ1) is 13.9. The molecule has 0 bridgehead atoms. The number of nitro groups is 1. The van der Waals surface area contributed by atoms with Gasteiger partial charge in [0.05, 0.1) is 11.5 Å². The number of anilines is 1. The maximum Gasteiger partial charge on any atom is 0.269 e. The first-order valence-corrected chi connectivity index (χ1v) is 9.73. The first kappa shape index (κ1) is 21.0. The van der Waals surface area contributed by atoms with E-state index in [4.69, 9.17) is 0 Å². The van der Waals surface area contributed by atoms with Crippen molar-refractivity contribution >= 4 is 11.5 Å². The van der Waals surface area contributed by atoms with E-state index in [2.05, 4.69) is 14.9 Å². The van der Waals surface area contributed by atoms with Crippen molar-refractivity contribution in [2.75, 3.05) is 31.6 Å². The second-order valence-electron chi connectivity index (χ2n) is 7.25. The number of nitrogens with zero attached hydrogens (tertiary/aromatic N) is 5. The zero-order chi connectivity index (χ0) is 21.0. The van der Waals surface area contributed by atoms with E-state index in [0.717, 1.165) is 49.4 Å². The van der Waals surface area contributed by atoms with Crippen LogP contribution < -0.4 is 4.90 Å². The second kappa shape index (κ2) is 9.21. The van der Waals surface area contributed by atoms with Crippen molar-refractivity contribution in [1.82, 2.24) is 14.9 Å². The van der Waals surface area contributed by atoms with Crippen molar-refractivity contribution in [3.8, 4) is 11.4 Å². The lowest BCUT2D eigenvalue weighted by atomic mass is 10.0. The number of non-ortho nitro benzene ring substituents is 1. The van der Waals surface area contributed by atoms with Crippen LogP contribution in [0.3, 0.4) is 0 Å². The van der Waals surface area contributed by atoms with Gasteiger partial charge in [0.1, 0.15) is 5.82 Å². The van der Waals surface area contributed by atoms with Crippen LogP contribution in [0.1, 0.15) is 25.5 Å². The number of hydrogen-bond donors (Lipinski definition) is 0. The van der Waals surface area contributed by atoms with Gasteiger partial charge in [-0.15, -0.1) is 0 Å². The fourth-order valence-electron chi connectivity index (χ4n) is 3.59. The molecule has 0 unspecified atom stereocenters. The van der Waals surface area contributed by atoms with E-state index >= 15 is 0 Å². The zero-order valence-corrected chi connectivity index (χ0v) is 16.6. The van der Waals surface area contributed by atoms with Crippen LogP contribution in [-0.4, -0.2) is 58.9 Å². The summed E-state index contributed by atoms with van der Waals surface area (Å²) in [4.78, 5) is 23.6. The van der Waals surface area contributed by atoms with E-state index in [1.165, 1.54) is 12.1 Å². The van der Waals surface area contributed by atoms with Gasteiger partial charge in [-0.2, -0.15) is 0 Å². The number of nitro benzene ring substituents is 1. The third kappa shape index (κ3) is 5.23. The van der Waals surface area contributed by atoms with Crippen LogP contribution >= 0.6 is 0 Å². The predicted molar refractivity (Wildman–Crippen MR) is 107 cm³/mol. The molecule has 1 aromatic heterocycles. The van der Waals surface area contributed by atoms with Gasteiger partial charge in [0, 0.05) is 48.6 Å². The van der Waals surface area contributed by atoms with E-state index in [1.54, 1.807) is 24.1 Å². The molecule has 0 radical (unpaired) electrons. The smallest absolute Gasteiger partial charge is 0.269 e. The molecule has 29 heavy (non-hydrogen) atoms. The molecule has 0 amide bonds. The molecule has 1 fully saturated rings. The Kier molecular flexibility index (Phi) is 6.68. The van der Waals surface area contributed by atoms with Crippen molar-refractivity contribution in [3.05, 3.63) is 46.1 Å². The molecule has 1 aromatic carbocycles. The van der Waals surface area contributed by atoms with Crippen molar-refractivity contribution in [1.29, 1.82) is 0 Å². The summed E-state index contributed by atoms with van der Waals surface area (Å²) in [5, 5.41) is 10.9. The van der Waals surface area contributed by atoms with Gasteiger partial charge < -0.3 is 4.90 Å². The standard InChI is InChI=1S/C20H25F2N5O2/c1-3-15-12-19(26-10-8-16(9-11-26)25(2)13-18(21)22)24-20(23-15)14-4-6-17(7-5-14)27(28)29/h4-7,12,16,18H,3,8-11,13H2,1-2H3. The Labute approximate surface area is 168 Å². The second-order valence-corrected chi connectivity index (χ2v) is 7.25. The predicted octanol–water partition coefficient (Wildman–Crippen LogP) is 3.78. The highest BCUT2D eigenvalue weighted by Crippen LogP contribution is 2.26. The highest BCUT2D eigenvalue weighted by molar-refractivity contribution is 5.60. The quantitative estimate of drug-likeness (QED) is 0.516. The van der Waals surface area contributed by atoms with Crippen molar-refractivity contribution in [3.63, 3.8) is 0 Å². The lowest BCUT2D eigenvalue weighted by molar-refractivity contribution is -0.384. The Morgan fingerprint density at radius 1 is 1.24 bits per heavy atom. The molecule has 9 heteroatoms. The lowest BCUT2D eigenvalue weighted by Gasteiger charge is -2.37. The monoisotopic (exact) mass is 405 g/mol. The average molecular weight is 405 g/mol. The molecule has 0 saturated carbocycles. The maximum atomic E-state index is 12.6. The summed E-state index contributed by atoms with van der Waals surface area (Å²) >= 11 is 0. The average Bonchev–Trinajstić information content (AvgIpc) is 2.73. The Morgan fingerprint density at radius 3 is 2.45 bits per heavy atom. The molecule has 1 aliphatic rings. The summed E-state index contributed by atoms with van der Waals surface area (Å²) in [6, 6.07) is 8.30. The normalized spacial score (nSPS) is 15.3. The number of aromatic nitrogens is 2. The molecule has 156 valence electrons. The third-order valence-corrected chi connectivity index (χ3v) is 5.30. The molecule has 0 atom stereocenters. The Hall–Kier alpha value is -2.68. The van der Waals surface area contributed by atoms with Crippen LogP contribution in [0.15, 0.2) is 30.3 Å². The van der Waals surface area contributed by atoms with Gasteiger partial charge in [-0.3, -0.25) is 15.0 Å². The van der Waals surface area contributed by atoms with Gasteiger partial charge in [-0.05, 0) is 38.4 Å². The molecule has 2 heterocycles. The van der Waals surface area contributed by atoms with Crippen LogP contribution in [-0.2, 0) is 6.42 Å². The van der Waals surface area contributed by atoms with E-state index in [9.17, 15) is 18.9 Å². The van der Waals surface area contributed by atoms with Crippen LogP contribution in [0.25, 0.3) is 11.4 Å². The molecular weight excluding hydrogens is 380 g/mol. The van der Waals surface area contributed by atoms with Crippen LogP contribution in [0.5, 0.6) is 0 Å². The fraction of sp³-hybridized carbons (Fsp3) is 0.500. The maximum absolute atomic E-state index is 12.6. The summed E-state index contributed by atoms with van der Waals surface area (Å²) in [6.45, 7) is 3.27. The minimum Gasteiger partial charge on any atom is -0.356 e. The fourth-order valence-corrected chi connectivity index (χ4v) is 3.59. The van der Waals surface area contributed by atoms with E-state index in [1.807, 2.05) is 13.0 Å². The lowest BCUT2D eigenvalue weighted by Crippen LogP contribution is -2.45. The summed E-state index contributed by atoms with van der Waals surface area (Å²) in [6.07, 6.45) is 0.00267. The molecular formula is C20H25F2N5O2. The molecule has 1 saturated heterocycles. The van der Waals surface area contributed by atoms with E-state index in [0.29, 0.717) is 5.82 Å². The number of hydrogen-bond acceptors (Lipinski definition) is 6. The van der Waals surface area contributed by atoms with Gasteiger partial charge in [-0.1, -0.05) is 6.92 Å². The highest BCUT2D eigenvalue weighted by atomic mass is 19.3. The molecule has 2 aromatic rings. The third-order valence-electron chi connectivity index (χ3n) is 5.30. The molecule has 0 aliphatic carbocycles. The molecule has 7 nitrogen and oxygen atoms in total. The summed E-state index contributed by atoms with van der Waals surface area (Å²) in [5.41, 5.74) is 1.63. The topological polar surface area (TPSA) is 75.4 Å². The van der Waals surface area contributed by atoms with Crippen LogP contribution in [0, 0.1) is 10.1 Å². The summed E-state index contributed by atoms with van der Waals surface area (Å²) in [5.74, 6) is 1.34. The number of alkyl halides is 2. The first-order valence-electron chi connectivity index (χ1n) is 9.73. The molecule has 0 N–H and O–H groups in total. The number of aryl methyl sites for hydroxylation is 1. The largest absolute Gasteiger partial charge is 0.356 e. The number of halogens is 2. The van der Waals surface area contributed by atoms with E-state index < -0.39 is 11.3 Å². The highest BCUT2D eigenvalue weighted by Gasteiger charge is 2.25. The summed E-state index contributed by atoms with van der Waals surface area (Å²) < 4.78 is 25.3. The number of piperidine rings is 1. The van der Waals surface area contributed by atoms with Crippen molar-refractivity contribution in [2.45, 2.75) is 38.7 Å². The minimum atomic E-state index is -2.32.